The van der Waals surface area contributed by atoms with Crippen LogP contribution < -0.4 is 15.4 Å². The molecule has 4 heteroatoms. The van der Waals surface area contributed by atoms with Gasteiger partial charge in [0, 0.05) is 13.2 Å². The largest absolute Gasteiger partial charge is 0.489 e. The smallest absolute Gasteiger partial charge is 0.142 e. The highest BCUT2D eigenvalue weighted by atomic mass is 16.5. The predicted molar refractivity (Wildman–Crippen MR) is 78.1 cm³/mol. The Bertz CT molecular complexity index is 390. The summed E-state index contributed by atoms with van der Waals surface area (Å²) in [6.07, 6.45) is 2.32. The van der Waals surface area contributed by atoms with Gasteiger partial charge in [0.25, 0.3) is 0 Å². The lowest BCUT2D eigenvalue weighted by Gasteiger charge is -2.26. The molecule has 0 bridgehead atoms. The summed E-state index contributed by atoms with van der Waals surface area (Å²) >= 11 is 0. The molecular weight excluding hydrogens is 240 g/mol. The molecule has 0 aromatic heterocycles. The molecule has 19 heavy (non-hydrogen) atoms. The molecule has 1 aliphatic rings. The van der Waals surface area contributed by atoms with E-state index in [1.165, 1.54) is 5.56 Å². The van der Waals surface area contributed by atoms with Crippen molar-refractivity contribution in [3.8, 4) is 5.75 Å². The van der Waals surface area contributed by atoms with Gasteiger partial charge in [0.15, 0.2) is 0 Å². The average Bonchev–Trinajstić information content (AvgIpc) is 2.43. The third kappa shape index (κ3) is 4.40. The number of benzene rings is 1. The first-order valence-corrected chi connectivity index (χ1v) is 6.99. The maximum atomic E-state index is 5.80. The summed E-state index contributed by atoms with van der Waals surface area (Å²) in [7, 11) is 1.69. The average molecular weight is 264 g/mol. The number of nitrogens with one attached hydrogen (secondary N) is 2. The molecule has 1 aromatic carbocycles. The Morgan fingerprint density at radius 1 is 1.26 bits per heavy atom. The Kier molecular flexibility index (Phi) is 5.48. The van der Waals surface area contributed by atoms with Gasteiger partial charge in [0.1, 0.15) is 12.4 Å². The number of hydrogen-bond donors (Lipinski definition) is 2. The van der Waals surface area contributed by atoms with E-state index in [0.29, 0.717) is 19.3 Å². The number of methoxy groups -OCH3 is 1. The van der Waals surface area contributed by atoms with E-state index in [-0.39, 0.29) is 0 Å². The summed E-state index contributed by atoms with van der Waals surface area (Å²) in [5, 5.41) is 6.98. The van der Waals surface area contributed by atoms with Gasteiger partial charge in [-0.1, -0.05) is 6.07 Å². The van der Waals surface area contributed by atoms with E-state index in [9.17, 15) is 0 Å². The SMILES string of the molecule is COCCOc1cc(C)ccc1NC1CCNCC1. The number of ether oxygens (including phenoxy) is 2. The first kappa shape index (κ1) is 14.2. The molecule has 2 rings (SSSR count). The van der Waals surface area contributed by atoms with Crippen molar-refractivity contribution in [2.45, 2.75) is 25.8 Å². The summed E-state index contributed by atoms with van der Waals surface area (Å²) in [5.41, 5.74) is 2.30. The fourth-order valence-electron chi connectivity index (χ4n) is 2.29. The molecule has 4 nitrogen and oxygen atoms in total. The Balaban J connectivity index is 2.00. The molecular formula is C15H24N2O2. The monoisotopic (exact) mass is 264 g/mol. The minimum atomic E-state index is 0.536. The van der Waals surface area contributed by atoms with Crippen LogP contribution in [0.1, 0.15) is 18.4 Å². The van der Waals surface area contributed by atoms with Crippen LogP contribution in [0, 0.1) is 6.92 Å². The predicted octanol–water partition coefficient (Wildman–Crippen LogP) is 2.18. The van der Waals surface area contributed by atoms with Crippen LogP contribution in [0.25, 0.3) is 0 Å². The van der Waals surface area contributed by atoms with Crippen molar-refractivity contribution in [2.24, 2.45) is 0 Å². The number of aryl methyl sites for hydroxylation is 1. The Labute approximate surface area is 115 Å². The molecule has 1 saturated heterocycles. The second-order valence-electron chi connectivity index (χ2n) is 5.01. The zero-order valence-corrected chi connectivity index (χ0v) is 11.9. The number of hydrogen-bond acceptors (Lipinski definition) is 4. The molecule has 2 N–H and O–H groups in total. The van der Waals surface area contributed by atoms with Gasteiger partial charge in [-0.25, -0.2) is 0 Å². The zero-order chi connectivity index (χ0) is 13.5. The van der Waals surface area contributed by atoms with E-state index >= 15 is 0 Å². The number of piperidine rings is 1. The van der Waals surface area contributed by atoms with Crippen molar-refractivity contribution in [3.63, 3.8) is 0 Å². The lowest BCUT2D eigenvalue weighted by molar-refractivity contribution is 0.146. The molecule has 1 heterocycles. The van der Waals surface area contributed by atoms with E-state index < -0.39 is 0 Å². The van der Waals surface area contributed by atoms with Crippen molar-refractivity contribution in [2.75, 3.05) is 38.7 Å². The molecule has 0 radical (unpaired) electrons. The lowest BCUT2D eigenvalue weighted by atomic mass is 10.1. The lowest BCUT2D eigenvalue weighted by Crippen LogP contribution is -2.35. The quantitative estimate of drug-likeness (QED) is 0.773. The van der Waals surface area contributed by atoms with Gasteiger partial charge in [-0.2, -0.15) is 0 Å². The van der Waals surface area contributed by atoms with E-state index in [0.717, 1.165) is 37.4 Å². The van der Waals surface area contributed by atoms with Crippen LogP contribution in [0.5, 0.6) is 5.75 Å². The van der Waals surface area contributed by atoms with E-state index in [4.69, 9.17) is 9.47 Å². The fraction of sp³-hybridized carbons (Fsp3) is 0.600. The van der Waals surface area contributed by atoms with Gasteiger partial charge in [-0.15, -0.1) is 0 Å². The first-order chi connectivity index (χ1) is 9.29. The van der Waals surface area contributed by atoms with Gasteiger partial charge >= 0.3 is 0 Å². The highest BCUT2D eigenvalue weighted by Gasteiger charge is 2.14. The van der Waals surface area contributed by atoms with Crippen molar-refractivity contribution in [1.29, 1.82) is 0 Å². The third-order valence-electron chi connectivity index (χ3n) is 3.38. The third-order valence-corrected chi connectivity index (χ3v) is 3.38. The molecule has 1 aromatic rings. The van der Waals surface area contributed by atoms with Crippen LogP contribution in [0.2, 0.25) is 0 Å². The van der Waals surface area contributed by atoms with Crippen molar-refractivity contribution < 1.29 is 9.47 Å². The molecule has 0 saturated carbocycles. The molecule has 0 aliphatic carbocycles. The summed E-state index contributed by atoms with van der Waals surface area (Å²) in [4.78, 5) is 0. The Morgan fingerprint density at radius 2 is 2.05 bits per heavy atom. The molecule has 1 aliphatic heterocycles. The van der Waals surface area contributed by atoms with Crippen LogP contribution in [0.15, 0.2) is 18.2 Å². The van der Waals surface area contributed by atoms with E-state index in [1.807, 2.05) is 0 Å². The van der Waals surface area contributed by atoms with Gasteiger partial charge in [-0.05, 0) is 50.6 Å². The van der Waals surface area contributed by atoms with Crippen LogP contribution in [-0.2, 0) is 4.74 Å². The van der Waals surface area contributed by atoms with Crippen molar-refractivity contribution in [3.05, 3.63) is 23.8 Å². The summed E-state index contributed by atoms with van der Waals surface area (Å²) < 4.78 is 10.8. The van der Waals surface area contributed by atoms with Gasteiger partial charge in [-0.3, -0.25) is 0 Å². The Hall–Kier alpha value is -1.26. The van der Waals surface area contributed by atoms with E-state index in [2.05, 4.69) is 35.8 Å². The molecule has 0 unspecified atom stereocenters. The van der Waals surface area contributed by atoms with Crippen LogP contribution in [-0.4, -0.2) is 39.5 Å². The van der Waals surface area contributed by atoms with Gasteiger partial charge in [0.2, 0.25) is 0 Å². The normalized spacial score (nSPS) is 16.3. The van der Waals surface area contributed by atoms with Crippen LogP contribution in [0.4, 0.5) is 5.69 Å². The summed E-state index contributed by atoms with van der Waals surface area (Å²) in [6, 6.07) is 6.85. The van der Waals surface area contributed by atoms with Crippen LogP contribution >= 0.6 is 0 Å². The standard InChI is InChI=1S/C15H24N2O2/c1-12-3-4-14(15(11-12)19-10-9-18-2)17-13-5-7-16-8-6-13/h3-4,11,13,16-17H,5-10H2,1-2H3. The van der Waals surface area contributed by atoms with E-state index in [1.54, 1.807) is 7.11 Å². The zero-order valence-electron chi connectivity index (χ0n) is 11.9. The van der Waals surface area contributed by atoms with Gasteiger partial charge in [0.05, 0.1) is 12.3 Å². The Morgan fingerprint density at radius 3 is 2.79 bits per heavy atom. The first-order valence-electron chi connectivity index (χ1n) is 6.99. The van der Waals surface area contributed by atoms with Gasteiger partial charge < -0.3 is 20.1 Å². The molecule has 0 amide bonds. The van der Waals surface area contributed by atoms with Crippen LogP contribution in [0.3, 0.4) is 0 Å². The molecule has 1 fully saturated rings. The topological polar surface area (TPSA) is 42.5 Å². The minimum absolute atomic E-state index is 0.536. The summed E-state index contributed by atoms with van der Waals surface area (Å²) in [5.74, 6) is 0.926. The maximum absolute atomic E-state index is 5.80. The highest BCUT2D eigenvalue weighted by molar-refractivity contribution is 5.58. The maximum Gasteiger partial charge on any atom is 0.142 e. The minimum Gasteiger partial charge on any atom is -0.489 e. The molecule has 0 atom stereocenters. The van der Waals surface area contributed by atoms with Crippen molar-refractivity contribution in [1.82, 2.24) is 5.32 Å². The molecule has 106 valence electrons. The van der Waals surface area contributed by atoms with Crippen molar-refractivity contribution >= 4 is 5.69 Å². The second-order valence-corrected chi connectivity index (χ2v) is 5.01. The summed E-state index contributed by atoms with van der Waals surface area (Å²) in [6.45, 7) is 5.45. The molecule has 0 spiro atoms. The number of rotatable bonds is 6. The highest BCUT2D eigenvalue weighted by Crippen LogP contribution is 2.27. The second kappa shape index (κ2) is 7.36. The fourth-order valence-corrected chi connectivity index (χ4v) is 2.29. The number of anilines is 1.